The Morgan fingerprint density at radius 2 is 1.94 bits per heavy atom. The van der Waals surface area contributed by atoms with Gasteiger partial charge in [0.1, 0.15) is 36.9 Å². The number of anilines is 3. The van der Waals surface area contributed by atoms with Crippen molar-refractivity contribution in [2.24, 2.45) is 5.16 Å². The summed E-state index contributed by atoms with van der Waals surface area (Å²) in [7, 11) is 0. The van der Waals surface area contributed by atoms with E-state index >= 15 is 0 Å². The predicted octanol–water partition coefficient (Wildman–Crippen LogP) is 4.14. The Balaban J connectivity index is 0.00000342. The SMILES string of the molecule is Cl.Nc1ncnc(Nc2ccc(OCc3ccccc3)c(Cl)c2)c1C=NOCCN1CCOCC1. The van der Waals surface area contributed by atoms with E-state index in [9.17, 15) is 0 Å². The lowest BCUT2D eigenvalue weighted by Gasteiger charge is -2.25. The number of nitrogens with zero attached hydrogens (tertiary/aromatic N) is 4. The molecule has 186 valence electrons. The summed E-state index contributed by atoms with van der Waals surface area (Å²) in [6, 6.07) is 15.3. The van der Waals surface area contributed by atoms with Gasteiger partial charge >= 0.3 is 0 Å². The molecule has 9 nitrogen and oxygen atoms in total. The molecule has 2 aromatic carbocycles. The summed E-state index contributed by atoms with van der Waals surface area (Å²) >= 11 is 6.43. The topological polar surface area (TPSA) is 107 Å². The first-order valence-electron chi connectivity index (χ1n) is 11.0. The highest BCUT2D eigenvalue weighted by Gasteiger charge is 2.11. The Labute approximate surface area is 215 Å². The molecule has 0 atom stereocenters. The molecule has 35 heavy (non-hydrogen) atoms. The number of hydrogen-bond donors (Lipinski definition) is 2. The first kappa shape index (κ1) is 26.5. The third-order valence-electron chi connectivity index (χ3n) is 5.21. The normalized spacial score (nSPS) is 13.9. The number of nitrogen functional groups attached to an aromatic ring is 1. The Bertz CT molecular complexity index is 1100. The lowest BCUT2D eigenvalue weighted by molar-refractivity contribution is 0.0214. The summed E-state index contributed by atoms with van der Waals surface area (Å²) in [4.78, 5) is 16.0. The van der Waals surface area contributed by atoms with Crippen molar-refractivity contribution in [1.29, 1.82) is 0 Å². The molecule has 0 bridgehead atoms. The van der Waals surface area contributed by atoms with Crippen molar-refractivity contribution in [1.82, 2.24) is 14.9 Å². The van der Waals surface area contributed by atoms with Gasteiger partial charge in [-0.1, -0.05) is 47.1 Å². The fourth-order valence-corrected chi connectivity index (χ4v) is 3.58. The first-order chi connectivity index (χ1) is 16.7. The number of rotatable bonds is 10. The monoisotopic (exact) mass is 518 g/mol. The Kier molecular flexibility index (Phi) is 10.4. The van der Waals surface area contributed by atoms with Crippen LogP contribution in [-0.4, -0.2) is 60.5 Å². The Hall–Kier alpha value is -3.11. The second kappa shape index (κ2) is 13.7. The molecule has 1 aromatic heterocycles. The van der Waals surface area contributed by atoms with E-state index < -0.39 is 0 Å². The molecule has 1 aliphatic heterocycles. The summed E-state index contributed by atoms with van der Waals surface area (Å²) in [5.74, 6) is 1.36. The summed E-state index contributed by atoms with van der Waals surface area (Å²) in [6.07, 6.45) is 2.89. The number of oxime groups is 1. The van der Waals surface area contributed by atoms with Gasteiger partial charge in [0.25, 0.3) is 0 Å². The molecule has 0 saturated carbocycles. The number of hydrogen-bond acceptors (Lipinski definition) is 9. The second-order valence-electron chi connectivity index (χ2n) is 7.59. The maximum Gasteiger partial charge on any atom is 0.144 e. The largest absolute Gasteiger partial charge is 0.487 e. The van der Waals surface area contributed by atoms with Crippen molar-refractivity contribution < 1.29 is 14.3 Å². The number of morpholine rings is 1. The third kappa shape index (κ3) is 7.97. The van der Waals surface area contributed by atoms with Gasteiger partial charge in [0.15, 0.2) is 0 Å². The highest BCUT2D eigenvalue weighted by atomic mass is 35.5. The summed E-state index contributed by atoms with van der Waals surface area (Å²) < 4.78 is 11.2. The third-order valence-corrected chi connectivity index (χ3v) is 5.50. The van der Waals surface area contributed by atoms with Gasteiger partial charge in [-0.15, -0.1) is 12.4 Å². The molecule has 0 spiro atoms. The lowest BCUT2D eigenvalue weighted by Crippen LogP contribution is -2.38. The average molecular weight is 519 g/mol. The molecule has 1 fully saturated rings. The van der Waals surface area contributed by atoms with Crippen LogP contribution in [0.1, 0.15) is 11.1 Å². The van der Waals surface area contributed by atoms with E-state index in [0.29, 0.717) is 35.4 Å². The Morgan fingerprint density at radius 1 is 1.14 bits per heavy atom. The molecule has 11 heteroatoms. The quantitative estimate of drug-likeness (QED) is 0.234. The average Bonchev–Trinajstić information content (AvgIpc) is 2.86. The molecule has 4 rings (SSSR count). The summed E-state index contributed by atoms with van der Waals surface area (Å²) in [5, 5.41) is 7.73. The molecule has 0 unspecified atom stereocenters. The van der Waals surface area contributed by atoms with Crippen LogP contribution in [0.5, 0.6) is 5.75 Å². The van der Waals surface area contributed by atoms with Crippen LogP contribution < -0.4 is 15.8 Å². The van der Waals surface area contributed by atoms with E-state index in [2.05, 4.69) is 25.3 Å². The van der Waals surface area contributed by atoms with Crippen molar-refractivity contribution in [2.75, 3.05) is 50.5 Å². The van der Waals surface area contributed by atoms with Gasteiger partial charge in [-0.25, -0.2) is 9.97 Å². The highest BCUT2D eigenvalue weighted by Crippen LogP contribution is 2.30. The number of aromatic nitrogens is 2. The molecule has 2 heterocycles. The first-order valence-corrected chi connectivity index (χ1v) is 11.4. The van der Waals surface area contributed by atoms with Crippen LogP contribution >= 0.6 is 24.0 Å². The minimum Gasteiger partial charge on any atom is -0.487 e. The smallest absolute Gasteiger partial charge is 0.144 e. The molecule has 3 aromatic rings. The van der Waals surface area contributed by atoms with Gasteiger partial charge in [0.2, 0.25) is 0 Å². The van der Waals surface area contributed by atoms with Gasteiger partial charge in [0, 0.05) is 25.3 Å². The minimum atomic E-state index is 0. The molecule has 3 N–H and O–H groups in total. The van der Waals surface area contributed by atoms with Gasteiger partial charge < -0.3 is 25.4 Å². The Morgan fingerprint density at radius 3 is 2.71 bits per heavy atom. The van der Waals surface area contributed by atoms with E-state index in [4.69, 9.17) is 31.6 Å². The van der Waals surface area contributed by atoms with Gasteiger partial charge in [-0.3, -0.25) is 4.90 Å². The zero-order valence-corrected chi connectivity index (χ0v) is 20.7. The number of benzene rings is 2. The molecule has 0 amide bonds. The van der Waals surface area contributed by atoms with E-state index in [0.717, 1.165) is 44.1 Å². The fourth-order valence-electron chi connectivity index (χ4n) is 3.34. The van der Waals surface area contributed by atoms with Crippen molar-refractivity contribution >= 4 is 47.5 Å². The maximum atomic E-state index is 6.43. The number of halogens is 2. The lowest BCUT2D eigenvalue weighted by atomic mass is 10.2. The van der Waals surface area contributed by atoms with Crippen LogP contribution in [0.15, 0.2) is 60.0 Å². The maximum absolute atomic E-state index is 6.43. The number of nitrogens with one attached hydrogen (secondary N) is 1. The van der Waals surface area contributed by atoms with E-state index in [-0.39, 0.29) is 18.2 Å². The highest BCUT2D eigenvalue weighted by molar-refractivity contribution is 6.32. The molecule has 1 aliphatic rings. The molecular weight excluding hydrogens is 491 g/mol. The van der Waals surface area contributed by atoms with Crippen molar-refractivity contribution in [3.63, 3.8) is 0 Å². The minimum absolute atomic E-state index is 0. The van der Waals surface area contributed by atoms with E-state index in [1.165, 1.54) is 12.5 Å². The van der Waals surface area contributed by atoms with Crippen molar-refractivity contribution in [3.8, 4) is 5.75 Å². The van der Waals surface area contributed by atoms with Crippen molar-refractivity contribution in [2.45, 2.75) is 6.61 Å². The number of ether oxygens (including phenoxy) is 2. The van der Waals surface area contributed by atoms with Crippen LogP contribution in [0.3, 0.4) is 0 Å². The van der Waals surface area contributed by atoms with Crippen LogP contribution in [0, 0.1) is 0 Å². The van der Waals surface area contributed by atoms with Crippen LogP contribution in [-0.2, 0) is 16.2 Å². The van der Waals surface area contributed by atoms with Crippen LogP contribution in [0.4, 0.5) is 17.3 Å². The molecule has 0 radical (unpaired) electrons. The van der Waals surface area contributed by atoms with E-state index in [1.54, 1.807) is 12.1 Å². The molecular formula is C24H28Cl2N6O3. The number of nitrogens with two attached hydrogens (primary N) is 1. The fraction of sp³-hybridized carbons (Fsp3) is 0.292. The summed E-state index contributed by atoms with van der Waals surface area (Å²) in [6.45, 7) is 4.98. The zero-order chi connectivity index (χ0) is 23.6. The zero-order valence-electron chi connectivity index (χ0n) is 19.1. The van der Waals surface area contributed by atoms with Crippen LogP contribution in [0.25, 0.3) is 0 Å². The van der Waals surface area contributed by atoms with Crippen LogP contribution in [0.2, 0.25) is 5.02 Å². The standard InChI is InChI=1S/C24H27ClN6O3.ClH/c25-21-14-19(6-7-22(21)33-16-18-4-2-1-3-5-18)30-24-20(23(26)27-17-28-24)15-29-34-13-10-31-8-11-32-12-9-31;/h1-7,14-15,17H,8-13,16H2,(H3,26,27,28,30);1H. The second-order valence-corrected chi connectivity index (χ2v) is 7.99. The van der Waals surface area contributed by atoms with Crippen molar-refractivity contribution in [3.05, 3.63) is 71.0 Å². The van der Waals surface area contributed by atoms with E-state index in [1.807, 2.05) is 36.4 Å². The predicted molar refractivity (Wildman–Crippen MR) is 140 cm³/mol. The molecule has 1 saturated heterocycles. The summed E-state index contributed by atoms with van der Waals surface area (Å²) in [5.41, 5.74) is 8.36. The van der Waals surface area contributed by atoms with Gasteiger partial charge in [-0.2, -0.15) is 0 Å². The van der Waals surface area contributed by atoms with Gasteiger partial charge in [-0.05, 0) is 23.8 Å². The van der Waals surface area contributed by atoms with Gasteiger partial charge in [0.05, 0.1) is 30.0 Å². The molecule has 0 aliphatic carbocycles.